The van der Waals surface area contributed by atoms with Crippen LogP contribution < -0.4 is 10.6 Å². The highest BCUT2D eigenvalue weighted by molar-refractivity contribution is 5.90. The average molecular weight is 319 g/mol. The minimum Gasteiger partial charge on any atom is -0.326 e. The van der Waals surface area contributed by atoms with Gasteiger partial charge in [-0.1, -0.05) is 42.0 Å². The molecule has 0 aromatic heterocycles. The van der Waals surface area contributed by atoms with Crippen LogP contribution in [0, 0.1) is 6.92 Å². The van der Waals surface area contributed by atoms with Crippen molar-refractivity contribution in [2.45, 2.75) is 26.3 Å². The highest BCUT2D eigenvalue weighted by atomic mass is 35.5. The van der Waals surface area contributed by atoms with Gasteiger partial charge in [0.2, 0.25) is 5.91 Å². The van der Waals surface area contributed by atoms with Crippen molar-refractivity contribution in [3.8, 4) is 0 Å². The van der Waals surface area contributed by atoms with E-state index in [1.54, 1.807) is 0 Å². The van der Waals surface area contributed by atoms with Crippen LogP contribution in [0.4, 0.5) is 5.69 Å². The Kier molecular flexibility index (Phi) is 7.64. The van der Waals surface area contributed by atoms with Crippen molar-refractivity contribution in [2.75, 3.05) is 12.4 Å². The molecule has 2 aromatic carbocycles. The molecule has 0 aliphatic carbocycles. The predicted molar refractivity (Wildman–Crippen MR) is 94.6 cm³/mol. The summed E-state index contributed by atoms with van der Waals surface area (Å²) in [7, 11) is 1.91. The van der Waals surface area contributed by atoms with Gasteiger partial charge in [0.15, 0.2) is 0 Å². The van der Waals surface area contributed by atoms with Crippen LogP contribution in [0.1, 0.15) is 23.1 Å². The van der Waals surface area contributed by atoms with E-state index < -0.39 is 0 Å². The Hall–Kier alpha value is -1.84. The van der Waals surface area contributed by atoms with Gasteiger partial charge >= 0.3 is 0 Å². The molecule has 2 aromatic rings. The summed E-state index contributed by atoms with van der Waals surface area (Å²) < 4.78 is 0. The van der Waals surface area contributed by atoms with Crippen LogP contribution in [0.5, 0.6) is 0 Å². The fourth-order valence-corrected chi connectivity index (χ4v) is 2.20. The van der Waals surface area contributed by atoms with E-state index in [1.165, 1.54) is 11.1 Å². The lowest BCUT2D eigenvalue weighted by Gasteiger charge is -2.07. The number of aryl methyl sites for hydroxylation is 2. The zero-order valence-corrected chi connectivity index (χ0v) is 13.9. The van der Waals surface area contributed by atoms with Gasteiger partial charge in [-0.3, -0.25) is 4.79 Å². The summed E-state index contributed by atoms with van der Waals surface area (Å²) in [6.45, 7) is 2.86. The Bertz CT molecular complexity index is 596. The third kappa shape index (κ3) is 5.88. The fourth-order valence-electron chi connectivity index (χ4n) is 2.20. The molecule has 0 saturated heterocycles. The van der Waals surface area contributed by atoms with Crippen LogP contribution in [0.25, 0.3) is 0 Å². The second kappa shape index (κ2) is 9.23. The molecule has 0 radical (unpaired) electrons. The van der Waals surface area contributed by atoms with Crippen LogP contribution in [-0.2, 0) is 17.8 Å². The highest BCUT2D eigenvalue weighted by Gasteiger charge is 2.04. The maximum absolute atomic E-state index is 12.0. The Balaban J connectivity index is 0.00000242. The van der Waals surface area contributed by atoms with Crippen molar-refractivity contribution in [3.05, 3.63) is 65.2 Å². The molecule has 0 heterocycles. The maximum Gasteiger partial charge on any atom is 0.224 e. The predicted octanol–water partition coefficient (Wildman–Crippen LogP) is 3.71. The van der Waals surface area contributed by atoms with Crippen molar-refractivity contribution in [3.63, 3.8) is 0 Å². The molecular weight excluding hydrogens is 296 g/mol. The van der Waals surface area contributed by atoms with Crippen molar-refractivity contribution in [2.24, 2.45) is 0 Å². The molecular formula is C18H23ClN2O. The smallest absolute Gasteiger partial charge is 0.224 e. The molecule has 4 heteroatoms. The number of carbonyl (C=O) groups excluding carboxylic acids is 1. The first-order valence-corrected chi connectivity index (χ1v) is 7.26. The molecule has 22 heavy (non-hydrogen) atoms. The van der Waals surface area contributed by atoms with E-state index in [-0.39, 0.29) is 18.3 Å². The molecule has 1 amide bonds. The third-order valence-electron chi connectivity index (χ3n) is 3.35. The lowest BCUT2D eigenvalue weighted by Crippen LogP contribution is -2.13. The second-order valence-electron chi connectivity index (χ2n) is 5.26. The number of rotatable bonds is 6. The van der Waals surface area contributed by atoms with Gasteiger partial charge < -0.3 is 10.6 Å². The zero-order chi connectivity index (χ0) is 15.1. The summed E-state index contributed by atoms with van der Waals surface area (Å²) in [6, 6.07) is 16.2. The van der Waals surface area contributed by atoms with Gasteiger partial charge in [0.1, 0.15) is 0 Å². The number of halogens is 1. The normalized spacial score (nSPS) is 9.91. The molecule has 0 atom stereocenters. The second-order valence-corrected chi connectivity index (χ2v) is 5.26. The molecule has 2 rings (SSSR count). The van der Waals surface area contributed by atoms with Gasteiger partial charge in [0.25, 0.3) is 0 Å². The Morgan fingerprint density at radius 3 is 2.45 bits per heavy atom. The fraction of sp³-hybridized carbons (Fsp3) is 0.278. The molecule has 0 aliphatic heterocycles. The van der Waals surface area contributed by atoms with Crippen molar-refractivity contribution >= 4 is 24.0 Å². The van der Waals surface area contributed by atoms with E-state index >= 15 is 0 Å². The number of anilines is 1. The molecule has 0 bridgehead atoms. The van der Waals surface area contributed by atoms with Gasteiger partial charge in [-0.05, 0) is 43.7 Å². The van der Waals surface area contributed by atoms with Crippen molar-refractivity contribution in [1.29, 1.82) is 0 Å². The van der Waals surface area contributed by atoms with Gasteiger partial charge in [-0.25, -0.2) is 0 Å². The average Bonchev–Trinajstić information content (AvgIpc) is 2.47. The molecule has 3 nitrogen and oxygen atoms in total. The summed E-state index contributed by atoms with van der Waals surface area (Å²) in [4.78, 5) is 12.0. The van der Waals surface area contributed by atoms with E-state index in [9.17, 15) is 4.79 Å². The Morgan fingerprint density at radius 1 is 1.05 bits per heavy atom. The first kappa shape index (κ1) is 18.2. The number of benzene rings is 2. The first-order valence-electron chi connectivity index (χ1n) is 7.26. The monoisotopic (exact) mass is 318 g/mol. The van der Waals surface area contributed by atoms with Gasteiger partial charge in [0.05, 0.1) is 0 Å². The minimum absolute atomic E-state index is 0. The van der Waals surface area contributed by atoms with Gasteiger partial charge in [0, 0.05) is 18.7 Å². The van der Waals surface area contributed by atoms with Crippen LogP contribution in [-0.4, -0.2) is 13.0 Å². The van der Waals surface area contributed by atoms with Crippen molar-refractivity contribution in [1.82, 2.24) is 5.32 Å². The minimum atomic E-state index is 0. The number of nitrogens with one attached hydrogen (secondary N) is 2. The van der Waals surface area contributed by atoms with Crippen LogP contribution in [0.3, 0.4) is 0 Å². The van der Waals surface area contributed by atoms with E-state index in [0.717, 1.165) is 24.2 Å². The summed E-state index contributed by atoms with van der Waals surface area (Å²) in [6.07, 6.45) is 1.27. The number of carbonyl (C=O) groups is 1. The summed E-state index contributed by atoms with van der Waals surface area (Å²) in [5.74, 6) is 0.0529. The summed E-state index contributed by atoms with van der Waals surface area (Å²) >= 11 is 0. The molecule has 0 unspecified atom stereocenters. The standard InChI is InChI=1S/C18H22N2O.ClH/c1-14-6-8-15(9-7-14)10-11-18(21)20-17-5-3-4-16(12-17)13-19-2;/h3-9,12,19H,10-11,13H2,1-2H3,(H,20,21);1H. The van der Waals surface area contributed by atoms with Crippen LogP contribution in [0.2, 0.25) is 0 Å². The number of amides is 1. The highest BCUT2D eigenvalue weighted by Crippen LogP contribution is 2.12. The topological polar surface area (TPSA) is 41.1 Å². The van der Waals surface area contributed by atoms with Gasteiger partial charge in [-0.2, -0.15) is 0 Å². The van der Waals surface area contributed by atoms with E-state index in [0.29, 0.717) is 6.42 Å². The van der Waals surface area contributed by atoms with E-state index in [4.69, 9.17) is 0 Å². The zero-order valence-electron chi connectivity index (χ0n) is 13.1. The molecule has 118 valence electrons. The quantitative estimate of drug-likeness (QED) is 0.852. The lowest BCUT2D eigenvalue weighted by molar-refractivity contribution is -0.116. The molecule has 0 fully saturated rings. The summed E-state index contributed by atoms with van der Waals surface area (Å²) in [5.41, 5.74) is 4.45. The van der Waals surface area contributed by atoms with Crippen molar-refractivity contribution < 1.29 is 4.79 Å². The van der Waals surface area contributed by atoms with Crippen LogP contribution in [0.15, 0.2) is 48.5 Å². The summed E-state index contributed by atoms with van der Waals surface area (Å²) in [5, 5.41) is 6.06. The third-order valence-corrected chi connectivity index (χ3v) is 3.35. The van der Waals surface area contributed by atoms with E-state index in [2.05, 4.69) is 41.8 Å². The van der Waals surface area contributed by atoms with E-state index in [1.807, 2.05) is 31.3 Å². The van der Waals surface area contributed by atoms with Gasteiger partial charge in [-0.15, -0.1) is 12.4 Å². The molecule has 0 saturated carbocycles. The van der Waals surface area contributed by atoms with Crippen LogP contribution >= 0.6 is 12.4 Å². The lowest BCUT2D eigenvalue weighted by atomic mass is 10.1. The first-order chi connectivity index (χ1) is 10.2. The SMILES string of the molecule is CNCc1cccc(NC(=O)CCc2ccc(C)cc2)c1.Cl. The molecule has 0 spiro atoms. The largest absolute Gasteiger partial charge is 0.326 e. The Morgan fingerprint density at radius 2 is 1.77 bits per heavy atom. The maximum atomic E-state index is 12.0. The number of hydrogen-bond donors (Lipinski definition) is 2. The number of hydrogen-bond acceptors (Lipinski definition) is 2. The molecule has 0 aliphatic rings. The Labute approximate surface area is 138 Å². The molecule has 2 N–H and O–H groups in total.